The van der Waals surface area contributed by atoms with Gasteiger partial charge < -0.3 is 10.6 Å². The van der Waals surface area contributed by atoms with E-state index in [9.17, 15) is 4.79 Å². The predicted octanol–water partition coefficient (Wildman–Crippen LogP) is 3.88. The fourth-order valence-electron chi connectivity index (χ4n) is 5.40. The van der Waals surface area contributed by atoms with Crippen LogP contribution in [0.2, 0.25) is 0 Å². The average molecular weight is 413 g/mol. The van der Waals surface area contributed by atoms with E-state index in [2.05, 4.69) is 75.4 Å². The zero-order valence-electron chi connectivity index (χ0n) is 17.6. The van der Waals surface area contributed by atoms with Gasteiger partial charge in [-0.15, -0.1) is 0 Å². The van der Waals surface area contributed by atoms with Gasteiger partial charge in [-0.2, -0.15) is 5.10 Å². The van der Waals surface area contributed by atoms with Crippen molar-refractivity contribution in [2.45, 2.75) is 62.7 Å². The van der Waals surface area contributed by atoms with Crippen molar-refractivity contribution in [1.29, 1.82) is 0 Å². The van der Waals surface area contributed by atoms with Gasteiger partial charge in [-0.25, -0.2) is 5.10 Å². The van der Waals surface area contributed by atoms with Crippen LogP contribution in [0.5, 0.6) is 0 Å². The Bertz CT molecular complexity index is 1150. The lowest BCUT2D eigenvalue weighted by molar-refractivity contribution is 0.336. The monoisotopic (exact) mass is 412 g/mol. The number of rotatable bonds is 5. The van der Waals surface area contributed by atoms with E-state index in [1.807, 2.05) is 0 Å². The molecule has 0 saturated heterocycles. The first-order chi connectivity index (χ1) is 15.3. The van der Waals surface area contributed by atoms with Crippen molar-refractivity contribution in [3.8, 4) is 0 Å². The predicted molar refractivity (Wildman–Crippen MR) is 121 cm³/mol. The second kappa shape index (κ2) is 7.74. The van der Waals surface area contributed by atoms with E-state index in [0.29, 0.717) is 6.04 Å². The lowest BCUT2D eigenvalue weighted by Crippen LogP contribution is -2.42. The summed E-state index contributed by atoms with van der Waals surface area (Å²) in [6, 6.07) is 20.6. The van der Waals surface area contributed by atoms with Crippen molar-refractivity contribution in [2.75, 3.05) is 0 Å². The lowest BCUT2D eigenvalue weighted by Gasteiger charge is -2.41. The van der Waals surface area contributed by atoms with E-state index in [0.717, 1.165) is 42.6 Å². The third-order valence-corrected chi connectivity index (χ3v) is 7.07. The molecular formula is C26H28N4O. The Balaban J connectivity index is 1.48. The van der Waals surface area contributed by atoms with Crippen LogP contribution in [0.4, 0.5) is 0 Å². The third kappa shape index (κ3) is 3.52. The van der Waals surface area contributed by atoms with Crippen LogP contribution in [0.15, 0.2) is 59.4 Å². The highest BCUT2D eigenvalue weighted by Crippen LogP contribution is 2.47. The first-order valence-corrected chi connectivity index (χ1v) is 11.5. The minimum atomic E-state index is -0.0236. The Morgan fingerprint density at radius 1 is 1.00 bits per heavy atom. The standard InChI is InChI=1S/C26H28N4O/c31-26-20-10-5-11-21-23(20)25(29-30-26)22(24(28-21)17-7-2-1-3-8-17)18-9-4-6-16(14-18)15-27-19-12-13-19/h1-4,6-9,14,19,21-22,24,27-28H,5,10-13,15H2,(H,30,31). The molecule has 0 amide bonds. The van der Waals surface area contributed by atoms with Crippen molar-refractivity contribution >= 4 is 0 Å². The van der Waals surface area contributed by atoms with Gasteiger partial charge in [0.25, 0.3) is 5.56 Å². The van der Waals surface area contributed by atoms with E-state index < -0.39 is 0 Å². The number of H-pyrrole nitrogens is 1. The summed E-state index contributed by atoms with van der Waals surface area (Å²) in [5.41, 5.74) is 6.91. The molecule has 6 rings (SSSR count). The van der Waals surface area contributed by atoms with Crippen LogP contribution >= 0.6 is 0 Å². The Morgan fingerprint density at radius 3 is 2.68 bits per heavy atom. The average Bonchev–Trinajstić information content (AvgIpc) is 3.65. The van der Waals surface area contributed by atoms with Crippen molar-refractivity contribution in [1.82, 2.24) is 20.8 Å². The molecule has 1 saturated carbocycles. The van der Waals surface area contributed by atoms with Gasteiger partial charge in [0.05, 0.1) is 5.69 Å². The van der Waals surface area contributed by atoms with Crippen molar-refractivity contribution in [3.63, 3.8) is 0 Å². The topological polar surface area (TPSA) is 69.8 Å². The molecule has 0 spiro atoms. The van der Waals surface area contributed by atoms with Gasteiger partial charge in [-0.05, 0) is 48.8 Å². The maximum Gasteiger partial charge on any atom is 0.267 e. The van der Waals surface area contributed by atoms with E-state index in [4.69, 9.17) is 0 Å². The lowest BCUT2D eigenvalue weighted by atomic mass is 9.74. The van der Waals surface area contributed by atoms with Crippen LogP contribution < -0.4 is 16.2 Å². The second-order valence-electron chi connectivity index (χ2n) is 9.21. The summed E-state index contributed by atoms with van der Waals surface area (Å²) < 4.78 is 0. The number of hydrogen-bond donors (Lipinski definition) is 3. The molecule has 1 aromatic heterocycles. The highest BCUT2D eigenvalue weighted by molar-refractivity contribution is 5.46. The molecule has 3 unspecified atom stereocenters. The molecule has 31 heavy (non-hydrogen) atoms. The summed E-state index contributed by atoms with van der Waals surface area (Å²) in [5, 5.41) is 15.0. The smallest absolute Gasteiger partial charge is 0.267 e. The molecule has 0 radical (unpaired) electrons. The van der Waals surface area contributed by atoms with Crippen LogP contribution in [0, 0.1) is 0 Å². The van der Waals surface area contributed by atoms with Crippen molar-refractivity contribution in [3.05, 3.63) is 98.5 Å². The molecule has 3 aliphatic rings. The summed E-state index contributed by atoms with van der Waals surface area (Å²) in [6.45, 7) is 0.897. The van der Waals surface area contributed by atoms with Gasteiger partial charge in [0.1, 0.15) is 0 Å². The van der Waals surface area contributed by atoms with Crippen LogP contribution in [0.25, 0.3) is 0 Å². The summed E-state index contributed by atoms with van der Waals surface area (Å²) >= 11 is 0. The molecule has 5 heteroatoms. The Kier molecular flexibility index (Phi) is 4.73. The van der Waals surface area contributed by atoms with E-state index in [1.165, 1.54) is 29.5 Å². The number of aromatic nitrogens is 2. The summed E-state index contributed by atoms with van der Waals surface area (Å²) in [5.74, 6) is 0.0585. The molecular weight excluding hydrogens is 384 g/mol. The molecule has 3 aromatic rings. The van der Waals surface area contributed by atoms with Crippen LogP contribution in [0.3, 0.4) is 0 Å². The third-order valence-electron chi connectivity index (χ3n) is 7.07. The fourth-order valence-corrected chi connectivity index (χ4v) is 5.40. The van der Waals surface area contributed by atoms with E-state index in [-0.39, 0.29) is 23.6 Å². The van der Waals surface area contributed by atoms with Gasteiger partial charge in [-0.1, -0.05) is 54.6 Å². The zero-order valence-corrected chi connectivity index (χ0v) is 17.6. The maximum absolute atomic E-state index is 12.6. The SMILES string of the molecule is O=c1[nH]nc2c3c1CCCC3NC(c1ccccc1)C2c1cccc(CNC2CC2)c1. The molecule has 2 heterocycles. The number of hydrogen-bond acceptors (Lipinski definition) is 4. The van der Waals surface area contributed by atoms with Crippen LogP contribution in [-0.4, -0.2) is 16.2 Å². The van der Waals surface area contributed by atoms with Gasteiger partial charge in [0.15, 0.2) is 0 Å². The molecule has 1 aliphatic heterocycles. The largest absolute Gasteiger partial charge is 0.310 e. The second-order valence-corrected chi connectivity index (χ2v) is 9.21. The number of aromatic amines is 1. The molecule has 1 fully saturated rings. The van der Waals surface area contributed by atoms with Gasteiger partial charge in [0.2, 0.25) is 0 Å². The fraction of sp³-hybridized carbons (Fsp3) is 0.385. The highest BCUT2D eigenvalue weighted by Gasteiger charge is 2.40. The van der Waals surface area contributed by atoms with E-state index in [1.54, 1.807) is 0 Å². The summed E-state index contributed by atoms with van der Waals surface area (Å²) in [6.07, 6.45) is 5.50. The number of nitrogens with zero attached hydrogens (tertiary/aromatic N) is 1. The van der Waals surface area contributed by atoms with Crippen LogP contribution in [-0.2, 0) is 13.0 Å². The molecule has 158 valence electrons. The molecule has 3 N–H and O–H groups in total. The minimum absolute atomic E-state index is 0.0236. The highest BCUT2D eigenvalue weighted by atomic mass is 16.1. The number of nitrogens with one attached hydrogen (secondary N) is 3. The Labute approximate surface area is 182 Å². The summed E-state index contributed by atoms with van der Waals surface area (Å²) in [4.78, 5) is 12.6. The van der Waals surface area contributed by atoms with E-state index >= 15 is 0 Å². The number of benzene rings is 2. The maximum atomic E-state index is 12.6. The first-order valence-electron chi connectivity index (χ1n) is 11.5. The Morgan fingerprint density at radius 2 is 1.84 bits per heavy atom. The van der Waals surface area contributed by atoms with Gasteiger partial charge in [-0.3, -0.25) is 4.79 Å². The minimum Gasteiger partial charge on any atom is -0.310 e. The first kappa shape index (κ1) is 19.0. The quantitative estimate of drug-likeness (QED) is 0.595. The van der Waals surface area contributed by atoms with Crippen molar-refractivity contribution in [2.24, 2.45) is 0 Å². The normalized spacial score (nSPS) is 24.6. The summed E-state index contributed by atoms with van der Waals surface area (Å²) in [7, 11) is 0. The van der Waals surface area contributed by atoms with Crippen LogP contribution in [0.1, 0.15) is 77.2 Å². The molecule has 2 aliphatic carbocycles. The molecule has 2 aromatic carbocycles. The van der Waals surface area contributed by atoms with Gasteiger partial charge >= 0.3 is 0 Å². The molecule has 0 bridgehead atoms. The Hall–Kier alpha value is -2.76. The molecule has 3 atom stereocenters. The van der Waals surface area contributed by atoms with Gasteiger partial charge in [0, 0.05) is 41.7 Å². The van der Waals surface area contributed by atoms with Crippen molar-refractivity contribution < 1.29 is 0 Å². The zero-order chi connectivity index (χ0) is 20.8. The molecule has 5 nitrogen and oxygen atoms in total.